The van der Waals surface area contributed by atoms with Crippen LogP contribution in [0.1, 0.15) is 32.6 Å². The molecule has 0 amide bonds. The summed E-state index contributed by atoms with van der Waals surface area (Å²) >= 11 is 0. The molecule has 1 rings (SSSR count). The van der Waals surface area contributed by atoms with Crippen LogP contribution in [0.3, 0.4) is 0 Å². The molecule has 0 aromatic carbocycles. The van der Waals surface area contributed by atoms with Crippen molar-refractivity contribution in [1.82, 2.24) is 9.03 Å². The van der Waals surface area contributed by atoms with Crippen LogP contribution in [0.15, 0.2) is 0 Å². The quantitative estimate of drug-likeness (QED) is 0.364. The summed E-state index contributed by atoms with van der Waals surface area (Å²) < 4.78 is 27.9. The molecule has 0 aromatic rings. The fourth-order valence-electron chi connectivity index (χ4n) is 1.94. The highest BCUT2D eigenvalue weighted by molar-refractivity contribution is 7.87. The van der Waals surface area contributed by atoms with Crippen molar-refractivity contribution in [3.8, 4) is 0 Å². The lowest BCUT2D eigenvalue weighted by Crippen LogP contribution is -2.45. The van der Waals surface area contributed by atoms with Crippen molar-refractivity contribution in [2.75, 3.05) is 19.6 Å². The van der Waals surface area contributed by atoms with Crippen LogP contribution in [0.5, 0.6) is 0 Å². The average Bonchev–Trinajstić information content (AvgIpc) is 2.24. The molecule has 1 fully saturated rings. The van der Waals surface area contributed by atoms with Crippen molar-refractivity contribution in [2.45, 2.75) is 32.6 Å². The Labute approximate surface area is 103 Å². The summed E-state index contributed by atoms with van der Waals surface area (Å²) in [5.41, 5.74) is 5.20. The van der Waals surface area contributed by atoms with E-state index in [1.54, 1.807) is 0 Å². The highest BCUT2D eigenvalue weighted by atomic mass is 32.2. The van der Waals surface area contributed by atoms with Gasteiger partial charge >= 0.3 is 0 Å². The third-order valence-corrected chi connectivity index (χ3v) is 4.45. The fourth-order valence-corrected chi connectivity index (χ4v) is 3.34. The maximum Gasteiger partial charge on any atom is 0.279 e. The molecule has 0 spiro atoms. The molecule has 4 N–H and O–H groups in total. The molecule has 0 aromatic heterocycles. The average molecular weight is 262 g/mol. The molecule has 1 unspecified atom stereocenters. The molecular weight excluding hydrogens is 240 g/mol. The second-order valence-electron chi connectivity index (χ2n) is 4.63. The van der Waals surface area contributed by atoms with Gasteiger partial charge in [-0.1, -0.05) is 6.92 Å². The van der Waals surface area contributed by atoms with E-state index in [1.807, 2.05) is 0 Å². The first-order valence-electron chi connectivity index (χ1n) is 5.99. The Kier molecular flexibility index (Phi) is 5.35. The van der Waals surface area contributed by atoms with Crippen molar-refractivity contribution in [3.63, 3.8) is 0 Å². The Hall–Kier alpha value is -0.660. The summed E-state index contributed by atoms with van der Waals surface area (Å²) in [4.78, 5) is 0. The first kappa shape index (κ1) is 14.4. The van der Waals surface area contributed by atoms with Gasteiger partial charge < -0.3 is 5.73 Å². The number of piperidine rings is 1. The SMILES string of the molecule is CC1CCCN(S(=O)(=O)NCCCC(=N)N)C1. The predicted octanol–water partition coefficient (Wildman–Crippen LogP) is 0.269. The molecule has 1 aliphatic heterocycles. The van der Waals surface area contributed by atoms with E-state index in [9.17, 15) is 8.42 Å². The zero-order valence-corrected chi connectivity index (χ0v) is 11.1. The molecular formula is C10H22N4O2S. The summed E-state index contributed by atoms with van der Waals surface area (Å²) in [7, 11) is -3.34. The van der Waals surface area contributed by atoms with Gasteiger partial charge in [0.1, 0.15) is 0 Å². The summed E-state index contributed by atoms with van der Waals surface area (Å²) in [6.45, 7) is 3.61. The number of nitrogens with one attached hydrogen (secondary N) is 2. The molecule has 6 nitrogen and oxygen atoms in total. The van der Waals surface area contributed by atoms with Crippen LogP contribution in [0.2, 0.25) is 0 Å². The zero-order chi connectivity index (χ0) is 12.9. The molecule has 0 saturated carbocycles. The summed E-state index contributed by atoms with van der Waals surface area (Å²) in [6.07, 6.45) is 3.02. The minimum absolute atomic E-state index is 0.0933. The smallest absolute Gasteiger partial charge is 0.279 e. The topological polar surface area (TPSA) is 99.3 Å². The second kappa shape index (κ2) is 6.32. The lowest BCUT2D eigenvalue weighted by molar-refractivity contribution is 0.278. The fraction of sp³-hybridized carbons (Fsp3) is 0.900. The van der Waals surface area contributed by atoms with Gasteiger partial charge in [0.05, 0.1) is 5.84 Å². The maximum atomic E-state index is 11.9. The molecule has 17 heavy (non-hydrogen) atoms. The third kappa shape index (κ3) is 5.01. The highest BCUT2D eigenvalue weighted by Crippen LogP contribution is 2.17. The minimum atomic E-state index is -3.34. The Morgan fingerprint density at radius 1 is 1.59 bits per heavy atom. The molecule has 0 radical (unpaired) electrons. The monoisotopic (exact) mass is 262 g/mol. The Morgan fingerprint density at radius 3 is 2.88 bits per heavy atom. The van der Waals surface area contributed by atoms with E-state index < -0.39 is 10.2 Å². The van der Waals surface area contributed by atoms with E-state index in [-0.39, 0.29) is 5.84 Å². The summed E-state index contributed by atoms with van der Waals surface area (Å²) in [5.74, 6) is 0.522. The first-order valence-corrected chi connectivity index (χ1v) is 7.43. The van der Waals surface area contributed by atoms with Crippen molar-refractivity contribution in [3.05, 3.63) is 0 Å². The van der Waals surface area contributed by atoms with Gasteiger partial charge in [-0.25, -0.2) is 4.72 Å². The second-order valence-corrected chi connectivity index (χ2v) is 6.39. The van der Waals surface area contributed by atoms with Crippen LogP contribution in [-0.2, 0) is 10.2 Å². The lowest BCUT2D eigenvalue weighted by atomic mass is 10.0. The van der Waals surface area contributed by atoms with Gasteiger partial charge in [0.2, 0.25) is 0 Å². The Morgan fingerprint density at radius 2 is 2.29 bits per heavy atom. The van der Waals surface area contributed by atoms with Crippen LogP contribution in [-0.4, -0.2) is 38.2 Å². The Balaban J connectivity index is 2.37. The molecule has 7 heteroatoms. The number of amidine groups is 1. The molecule has 1 aliphatic rings. The standard InChI is InChI=1S/C10H22N4O2S/c1-9-4-3-7-14(8-9)17(15,16)13-6-2-5-10(11)12/h9,13H,2-8H2,1H3,(H3,11,12). The van der Waals surface area contributed by atoms with Crippen molar-refractivity contribution in [2.24, 2.45) is 11.7 Å². The number of nitrogens with zero attached hydrogens (tertiary/aromatic N) is 1. The van der Waals surface area contributed by atoms with E-state index in [0.29, 0.717) is 38.4 Å². The van der Waals surface area contributed by atoms with Crippen LogP contribution in [0.25, 0.3) is 0 Å². The van der Waals surface area contributed by atoms with Gasteiger partial charge in [-0.2, -0.15) is 12.7 Å². The number of rotatable bonds is 6. The van der Waals surface area contributed by atoms with Gasteiger partial charge in [0.15, 0.2) is 0 Å². The third-order valence-electron chi connectivity index (χ3n) is 2.87. The van der Waals surface area contributed by atoms with Crippen LogP contribution in [0, 0.1) is 11.3 Å². The molecule has 0 aliphatic carbocycles. The molecule has 1 atom stereocenters. The van der Waals surface area contributed by atoms with Crippen LogP contribution >= 0.6 is 0 Å². The first-order chi connectivity index (χ1) is 7.92. The predicted molar refractivity (Wildman–Crippen MR) is 68.0 cm³/mol. The van der Waals surface area contributed by atoms with Gasteiger partial charge in [0.25, 0.3) is 10.2 Å². The summed E-state index contributed by atoms with van der Waals surface area (Å²) in [5, 5.41) is 7.04. The highest BCUT2D eigenvalue weighted by Gasteiger charge is 2.26. The van der Waals surface area contributed by atoms with Crippen LogP contribution < -0.4 is 10.5 Å². The molecule has 1 heterocycles. The minimum Gasteiger partial charge on any atom is -0.388 e. The van der Waals surface area contributed by atoms with Gasteiger partial charge in [-0.15, -0.1) is 0 Å². The van der Waals surface area contributed by atoms with E-state index in [4.69, 9.17) is 11.1 Å². The molecule has 1 saturated heterocycles. The van der Waals surface area contributed by atoms with Crippen molar-refractivity contribution < 1.29 is 8.42 Å². The molecule has 0 bridgehead atoms. The normalized spacial score (nSPS) is 22.5. The van der Waals surface area contributed by atoms with Gasteiger partial charge in [0, 0.05) is 26.1 Å². The lowest BCUT2D eigenvalue weighted by Gasteiger charge is -2.29. The maximum absolute atomic E-state index is 11.9. The Bertz CT molecular complexity index is 355. The van der Waals surface area contributed by atoms with Crippen molar-refractivity contribution >= 4 is 16.0 Å². The van der Waals surface area contributed by atoms with Crippen LogP contribution in [0.4, 0.5) is 0 Å². The largest absolute Gasteiger partial charge is 0.388 e. The van der Waals surface area contributed by atoms with Gasteiger partial charge in [-0.05, 0) is 25.2 Å². The zero-order valence-electron chi connectivity index (χ0n) is 10.3. The number of hydrogen-bond acceptors (Lipinski definition) is 3. The van der Waals surface area contributed by atoms with E-state index in [0.717, 1.165) is 12.8 Å². The van der Waals surface area contributed by atoms with E-state index in [2.05, 4.69) is 11.6 Å². The molecule has 100 valence electrons. The summed E-state index contributed by atoms with van der Waals surface area (Å²) in [6, 6.07) is 0. The van der Waals surface area contributed by atoms with Crippen molar-refractivity contribution in [1.29, 1.82) is 5.41 Å². The number of hydrogen-bond donors (Lipinski definition) is 3. The van der Waals surface area contributed by atoms with E-state index in [1.165, 1.54) is 4.31 Å². The number of nitrogens with two attached hydrogens (primary N) is 1. The van der Waals surface area contributed by atoms with Gasteiger partial charge in [-0.3, -0.25) is 5.41 Å². The van der Waals surface area contributed by atoms with E-state index >= 15 is 0 Å².